The molecule has 3 unspecified atom stereocenters. The van der Waals surface area contributed by atoms with Gasteiger partial charge in [0.05, 0.1) is 0 Å². The SMILES string of the molecule is CCC1SCCSC1C(N)Cc1cc(F)cc(Br)c1. The molecule has 3 atom stereocenters. The summed E-state index contributed by atoms with van der Waals surface area (Å²) in [6.07, 6.45) is 1.90. The van der Waals surface area contributed by atoms with Crippen LogP contribution < -0.4 is 5.73 Å². The Labute approximate surface area is 131 Å². The Morgan fingerprint density at radius 3 is 2.79 bits per heavy atom. The Kier molecular flexibility index (Phi) is 6.06. The molecule has 5 heteroatoms. The molecule has 0 spiro atoms. The maximum absolute atomic E-state index is 13.4. The van der Waals surface area contributed by atoms with Gasteiger partial charge in [0.15, 0.2) is 0 Å². The second-order valence-corrected chi connectivity index (χ2v) is 8.35. The number of hydrogen-bond acceptors (Lipinski definition) is 3. The maximum Gasteiger partial charge on any atom is 0.124 e. The van der Waals surface area contributed by atoms with E-state index in [0.717, 1.165) is 22.9 Å². The summed E-state index contributed by atoms with van der Waals surface area (Å²) in [6, 6.07) is 5.13. The molecule has 1 aliphatic rings. The summed E-state index contributed by atoms with van der Waals surface area (Å²) in [7, 11) is 0. The summed E-state index contributed by atoms with van der Waals surface area (Å²) in [5.74, 6) is 2.19. The van der Waals surface area contributed by atoms with Crippen LogP contribution in [0.15, 0.2) is 22.7 Å². The highest BCUT2D eigenvalue weighted by Gasteiger charge is 2.30. The van der Waals surface area contributed by atoms with Crippen molar-refractivity contribution in [3.05, 3.63) is 34.1 Å². The minimum Gasteiger partial charge on any atom is -0.326 e. The van der Waals surface area contributed by atoms with Crippen LogP contribution in [0.5, 0.6) is 0 Å². The number of nitrogens with two attached hydrogens (primary N) is 1. The standard InChI is InChI=1S/C14H19BrFNS2/c1-2-13-14(19-4-3-18-13)12(17)7-9-5-10(15)8-11(16)6-9/h5-6,8,12-14H,2-4,7,17H2,1H3. The van der Waals surface area contributed by atoms with Gasteiger partial charge in [0.1, 0.15) is 5.82 Å². The highest BCUT2D eigenvalue weighted by atomic mass is 79.9. The number of thioether (sulfide) groups is 2. The third-order valence-electron chi connectivity index (χ3n) is 3.31. The molecule has 0 bridgehead atoms. The van der Waals surface area contributed by atoms with Crippen LogP contribution in [-0.4, -0.2) is 28.0 Å². The van der Waals surface area contributed by atoms with E-state index in [0.29, 0.717) is 10.5 Å². The lowest BCUT2D eigenvalue weighted by molar-refractivity contribution is 0.590. The van der Waals surface area contributed by atoms with Crippen LogP contribution in [-0.2, 0) is 6.42 Å². The minimum absolute atomic E-state index is 0.0939. The fraction of sp³-hybridized carbons (Fsp3) is 0.571. The highest BCUT2D eigenvalue weighted by Crippen LogP contribution is 2.35. The molecule has 1 heterocycles. The lowest BCUT2D eigenvalue weighted by Crippen LogP contribution is -2.43. The zero-order valence-electron chi connectivity index (χ0n) is 10.9. The molecule has 0 radical (unpaired) electrons. The van der Waals surface area contributed by atoms with E-state index in [9.17, 15) is 4.39 Å². The predicted molar refractivity (Wildman–Crippen MR) is 88.6 cm³/mol. The van der Waals surface area contributed by atoms with E-state index in [4.69, 9.17) is 5.73 Å². The monoisotopic (exact) mass is 363 g/mol. The van der Waals surface area contributed by atoms with Gasteiger partial charge < -0.3 is 5.73 Å². The lowest BCUT2D eigenvalue weighted by atomic mass is 10.0. The molecule has 2 N–H and O–H groups in total. The van der Waals surface area contributed by atoms with E-state index in [1.807, 2.05) is 29.6 Å². The average molecular weight is 364 g/mol. The molecule has 1 aliphatic heterocycles. The van der Waals surface area contributed by atoms with E-state index in [1.165, 1.54) is 17.6 Å². The summed E-state index contributed by atoms with van der Waals surface area (Å²) in [6.45, 7) is 2.22. The minimum atomic E-state index is -0.200. The molecule has 106 valence electrons. The number of benzene rings is 1. The molecule has 1 nitrogen and oxygen atoms in total. The smallest absolute Gasteiger partial charge is 0.124 e. The lowest BCUT2D eigenvalue weighted by Gasteiger charge is -2.34. The fourth-order valence-corrected chi connectivity index (χ4v) is 6.16. The van der Waals surface area contributed by atoms with Crippen LogP contribution in [0.25, 0.3) is 0 Å². The van der Waals surface area contributed by atoms with Crippen molar-refractivity contribution < 1.29 is 4.39 Å². The molecule has 0 saturated carbocycles. The van der Waals surface area contributed by atoms with Gasteiger partial charge in [-0.25, -0.2) is 4.39 Å². The molecule has 0 aliphatic carbocycles. The molecule has 1 aromatic carbocycles. The van der Waals surface area contributed by atoms with Crippen LogP contribution in [0.4, 0.5) is 4.39 Å². The Balaban J connectivity index is 2.04. The predicted octanol–water partition coefficient (Wildman–Crippen LogP) is 4.09. The van der Waals surface area contributed by atoms with Crippen LogP contribution in [0, 0.1) is 5.82 Å². The first-order valence-corrected chi connectivity index (χ1v) is 9.43. The molecule has 1 fully saturated rings. The Morgan fingerprint density at radius 1 is 1.37 bits per heavy atom. The first kappa shape index (κ1) is 15.7. The molecule has 0 aromatic heterocycles. The zero-order valence-corrected chi connectivity index (χ0v) is 14.2. The average Bonchev–Trinajstić information content (AvgIpc) is 2.37. The van der Waals surface area contributed by atoms with Gasteiger partial charge in [-0.2, -0.15) is 23.5 Å². The fourth-order valence-electron chi connectivity index (χ4n) is 2.45. The van der Waals surface area contributed by atoms with E-state index < -0.39 is 0 Å². The normalized spacial score (nSPS) is 25.3. The highest BCUT2D eigenvalue weighted by molar-refractivity contribution is 9.10. The van der Waals surface area contributed by atoms with Gasteiger partial charge in [-0.05, 0) is 36.6 Å². The molecular formula is C14H19BrFNS2. The quantitative estimate of drug-likeness (QED) is 0.872. The first-order valence-electron chi connectivity index (χ1n) is 6.54. The topological polar surface area (TPSA) is 26.0 Å². The summed E-state index contributed by atoms with van der Waals surface area (Å²) in [5, 5.41) is 1.11. The first-order chi connectivity index (χ1) is 9.10. The van der Waals surface area contributed by atoms with Gasteiger partial charge >= 0.3 is 0 Å². The van der Waals surface area contributed by atoms with Gasteiger partial charge in [0.2, 0.25) is 0 Å². The second kappa shape index (κ2) is 7.34. The Bertz CT molecular complexity index is 410. The van der Waals surface area contributed by atoms with Crippen molar-refractivity contribution in [2.45, 2.75) is 36.3 Å². The van der Waals surface area contributed by atoms with Crippen LogP contribution in [0.3, 0.4) is 0 Å². The van der Waals surface area contributed by atoms with Crippen molar-refractivity contribution in [1.82, 2.24) is 0 Å². The van der Waals surface area contributed by atoms with Gasteiger partial charge in [-0.1, -0.05) is 22.9 Å². The molecule has 0 amide bonds. The van der Waals surface area contributed by atoms with Crippen molar-refractivity contribution in [2.24, 2.45) is 5.73 Å². The summed E-state index contributed by atoms with van der Waals surface area (Å²) in [4.78, 5) is 0. The van der Waals surface area contributed by atoms with Gasteiger partial charge in [-0.3, -0.25) is 0 Å². The molecule has 1 saturated heterocycles. The Hall–Kier alpha value is 0.290. The molecular weight excluding hydrogens is 345 g/mol. The molecule has 1 aromatic rings. The number of hydrogen-bond donors (Lipinski definition) is 1. The maximum atomic E-state index is 13.4. The third kappa shape index (κ3) is 4.38. The van der Waals surface area contributed by atoms with Crippen LogP contribution in [0.2, 0.25) is 0 Å². The van der Waals surface area contributed by atoms with E-state index in [2.05, 4.69) is 22.9 Å². The van der Waals surface area contributed by atoms with Gasteiger partial charge in [0, 0.05) is 32.5 Å². The van der Waals surface area contributed by atoms with Gasteiger partial charge in [0.25, 0.3) is 0 Å². The van der Waals surface area contributed by atoms with Crippen molar-refractivity contribution in [1.29, 1.82) is 0 Å². The van der Waals surface area contributed by atoms with Crippen molar-refractivity contribution in [3.63, 3.8) is 0 Å². The second-order valence-electron chi connectivity index (χ2n) is 4.80. The van der Waals surface area contributed by atoms with Crippen molar-refractivity contribution in [3.8, 4) is 0 Å². The van der Waals surface area contributed by atoms with Crippen LogP contribution in [0.1, 0.15) is 18.9 Å². The van der Waals surface area contributed by atoms with E-state index in [-0.39, 0.29) is 11.9 Å². The van der Waals surface area contributed by atoms with Crippen LogP contribution >= 0.6 is 39.5 Å². The third-order valence-corrected chi connectivity index (χ3v) is 7.20. The number of halogens is 2. The Morgan fingerprint density at radius 2 is 2.11 bits per heavy atom. The molecule has 19 heavy (non-hydrogen) atoms. The van der Waals surface area contributed by atoms with E-state index in [1.54, 1.807) is 6.07 Å². The van der Waals surface area contributed by atoms with Gasteiger partial charge in [-0.15, -0.1) is 0 Å². The molecule has 2 rings (SSSR count). The summed E-state index contributed by atoms with van der Waals surface area (Å²) in [5.41, 5.74) is 7.35. The largest absolute Gasteiger partial charge is 0.326 e. The summed E-state index contributed by atoms with van der Waals surface area (Å²) < 4.78 is 14.2. The van der Waals surface area contributed by atoms with E-state index >= 15 is 0 Å². The van der Waals surface area contributed by atoms with Crippen molar-refractivity contribution in [2.75, 3.05) is 11.5 Å². The number of rotatable bonds is 4. The van der Waals surface area contributed by atoms with Crippen molar-refractivity contribution >= 4 is 39.5 Å². The zero-order chi connectivity index (χ0) is 13.8. The summed E-state index contributed by atoms with van der Waals surface area (Å²) >= 11 is 7.35.